The summed E-state index contributed by atoms with van der Waals surface area (Å²) in [6, 6.07) is 11.8. The molecule has 0 bridgehead atoms. The molecule has 2 aromatic carbocycles. The first-order valence-electron chi connectivity index (χ1n) is 9.75. The zero-order chi connectivity index (χ0) is 26.0. The van der Waals surface area contributed by atoms with E-state index in [0.717, 1.165) is 24.4 Å². The van der Waals surface area contributed by atoms with Crippen LogP contribution in [0.1, 0.15) is 16.1 Å². The van der Waals surface area contributed by atoms with Gasteiger partial charge in [-0.25, -0.2) is 17.7 Å². The molecule has 35 heavy (non-hydrogen) atoms. The molecule has 3 aromatic rings. The average Bonchev–Trinajstić information content (AvgIpc) is 2.81. The van der Waals surface area contributed by atoms with E-state index in [9.17, 15) is 26.4 Å². The van der Waals surface area contributed by atoms with Gasteiger partial charge in [0.1, 0.15) is 6.73 Å². The molecule has 0 aliphatic heterocycles. The molecule has 1 heterocycles. The Kier molecular flexibility index (Phi) is 7.95. The van der Waals surface area contributed by atoms with E-state index in [1.54, 1.807) is 30.3 Å². The summed E-state index contributed by atoms with van der Waals surface area (Å²) in [5, 5.41) is -0.679. The zero-order valence-corrected chi connectivity index (χ0v) is 20.6. The van der Waals surface area contributed by atoms with Crippen molar-refractivity contribution in [2.45, 2.75) is 11.1 Å². The minimum absolute atomic E-state index is 0.0118. The Morgan fingerprint density at radius 1 is 1.09 bits per heavy atom. The first kappa shape index (κ1) is 26.7. The van der Waals surface area contributed by atoms with Crippen LogP contribution in [0.3, 0.4) is 0 Å². The monoisotopic (exact) mass is 547 g/mol. The van der Waals surface area contributed by atoms with Crippen LogP contribution in [-0.4, -0.2) is 40.2 Å². The molecule has 3 rings (SSSR count). The van der Waals surface area contributed by atoms with Gasteiger partial charge in [-0.05, 0) is 36.4 Å². The number of hydrogen-bond acceptors (Lipinski definition) is 5. The Hall–Kier alpha value is -2.86. The number of nitrogens with zero attached hydrogens (tertiary/aromatic N) is 3. The number of pyridine rings is 1. The molecule has 0 saturated carbocycles. The number of hydrogen-bond donors (Lipinski definition) is 0. The number of aromatic nitrogens is 1. The molecule has 1 aromatic heterocycles. The molecule has 13 heteroatoms. The van der Waals surface area contributed by atoms with Crippen molar-refractivity contribution in [2.75, 3.05) is 30.1 Å². The van der Waals surface area contributed by atoms with Gasteiger partial charge in [0.2, 0.25) is 0 Å². The Bertz CT molecular complexity index is 1340. The number of benzene rings is 2. The predicted octanol–water partition coefficient (Wildman–Crippen LogP) is 5.48. The van der Waals surface area contributed by atoms with Gasteiger partial charge in [0.25, 0.3) is 15.9 Å². The van der Waals surface area contributed by atoms with E-state index in [1.807, 2.05) is 0 Å². The number of carbonyl (C=O) groups is 1. The summed E-state index contributed by atoms with van der Waals surface area (Å²) in [5.74, 6) is -0.689. The van der Waals surface area contributed by atoms with Crippen LogP contribution in [0, 0.1) is 0 Å². The number of halogens is 5. The zero-order valence-electron chi connectivity index (χ0n) is 18.3. The quantitative estimate of drug-likeness (QED) is 0.366. The Morgan fingerprint density at radius 2 is 1.74 bits per heavy atom. The highest BCUT2D eigenvalue weighted by Crippen LogP contribution is 2.37. The van der Waals surface area contributed by atoms with E-state index in [-0.39, 0.29) is 16.4 Å². The Labute approximate surface area is 209 Å². The van der Waals surface area contributed by atoms with Gasteiger partial charge in [-0.1, -0.05) is 41.4 Å². The first-order chi connectivity index (χ1) is 16.4. The SMILES string of the molecule is COCN(c1cc(Cl)cnc1C(=O)N(C)c1ccccc1)S(=O)(=O)c1ccc(Cl)c(C(F)(F)F)c1. The van der Waals surface area contributed by atoms with Crippen molar-refractivity contribution < 1.29 is 31.1 Å². The fourth-order valence-electron chi connectivity index (χ4n) is 3.11. The van der Waals surface area contributed by atoms with Crippen LogP contribution in [0.2, 0.25) is 10.0 Å². The molecular formula is C22H18Cl2F3N3O4S. The second kappa shape index (κ2) is 10.4. The molecule has 1 amide bonds. The molecule has 0 aliphatic carbocycles. The highest BCUT2D eigenvalue weighted by molar-refractivity contribution is 7.92. The summed E-state index contributed by atoms with van der Waals surface area (Å²) in [6.45, 7) is -0.649. The predicted molar refractivity (Wildman–Crippen MR) is 126 cm³/mol. The van der Waals surface area contributed by atoms with Gasteiger partial charge in [-0.15, -0.1) is 0 Å². The maximum absolute atomic E-state index is 13.5. The van der Waals surface area contributed by atoms with Gasteiger partial charge in [0, 0.05) is 26.0 Å². The third-order valence-electron chi connectivity index (χ3n) is 4.83. The summed E-state index contributed by atoms with van der Waals surface area (Å²) in [6.07, 6.45) is -3.75. The molecule has 0 radical (unpaired) electrons. The highest BCUT2D eigenvalue weighted by atomic mass is 35.5. The normalized spacial score (nSPS) is 11.9. The molecule has 0 unspecified atom stereocenters. The first-order valence-corrected chi connectivity index (χ1v) is 11.9. The van der Waals surface area contributed by atoms with Gasteiger partial charge in [0.05, 0.1) is 26.2 Å². The summed E-state index contributed by atoms with van der Waals surface area (Å²) >= 11 is 11.7. The second-order valence-corrected chi connectivity index (χ2v) is 9.84. The van der Waals surface area contributed by atoms with Crippen molar-refractivity contribution >= 4 is 50.5 Å². The van der Waals surface area contributed by atoms with Crippen LogP contribution < -0.4 is 9.21 Å². The van der Waals surface area contributed by atoms with Crippen molar-refractivity contribution in [3.63, 3.8) is 0 Å². The lowest BCUT2D eigenvalue weighted by Gasteiger charge is -2.27. The van der Waals surface area contributed by atoms with E-state index in [4.69, 9.17) is 27.9 Å². The maximum atomic E-state index is 13.5. The number of methoxy groups -OCH3 is 1. The minimum Gasteiger partial charge on any atom is -0.363 e. The van der Waals surface area contributed by atoms with Gasteiger partial charge < -0.3 is 9.64 Å². The standard InChI is InChI=1S/C22H18Cl2F3N3O4S/c1-29(15-6-4-3-5-7-15)21(31)20-19(10-14(23)12-28-20)30(13-34-2)35(32,33)16-8-9-18(24)17(11-16)22(25,26)27/h3-12H,13H2,1-2H3. The number of carbonyl (C=O) groups excluding carboxylic acids is 1. The lowest BCUT2D eigenvalue weighted by molar-refractivity contribution is -0.137. The fourth-order valence-corrected chi connectivity index (χ4v) is 4.89. The minimum atomic E-state index is -4.90. The number of para-hydroxylation sites is 1. The van der Waals surface area contributed by atoms with E-state index in [1.165, 1.54) is 19.1 Å². The number of amides is 1. The molecule has 0 spiro atoms. The van der Waals surface area contributed by atoms with E-state index < -0.39 is 44.3 Å². The van der Waals surface area contributed by atoms with Crippen molar-refractivity contribution in [1.82, 2.24) is 4.98 Å². The Morgan fingerprint density at radius 3 is 2.34 bits per heavy atom. The number of ether oxygens (including phenoxy) is 1. The van der Waals surface area contributed by atoms with Crippen LogP contribution in [0.15, 0.2) is 65.7 Å². The van der Waals surface area contributed by atoms with E-state index in [2.05, 4.69) is 4.98 Å². The number of anilines is 2. The highest BCUT2D eigenvalue weighted by Gasteiger charge is 2.37. The summed E-state index contributed by atoms with van der Waals surface area (Å²) in [5.41, 5.74) is -1.43. The Balaban J connectivity index is 2.16. The maximum Gasteiger partial charge on any atom is 0.417 e. The number of alkyl halides is 3. The molecule has 0 aliphatic rings. The number of rotatable bonds is 7. The van der Waals surface area contributed by atoms with E-state index >= 15 is 0 Å². The summed E-state index contributed by atoms with van der Waals surface area (Å²) < 4.78 is 72.7. The smallest absolute Gasteiger partial charge is 0.363 e. The van der Waals surface area contributed by atoms with Gasteiger partial charge in [0.15, 0.2) is 5.69 Å². The molecule has 0 atom stereocenters. The molecule has 0 saturated heterocycles. The average molecular weight is 548 g/mol. The third-order valence-corrected chi connectivity index (χ3v) is 7.10. The van der Waals surface area contributed by atoms with Crippen molar-refractivity contribution in [3.8, 4) is 0 Å². The van der Waals surface area contributed by atoms with Crippen LogP contribution in [-0.2, 0) is 20.9 Å². The third kappa shape index (κ3) is 5.69. The molecule has 0 fully saturated rings. The summed E-state index contributed by atoms with van der Waals surface area (Å²) in [4.78, 5) is 17.8. The van der Waals surface area contributed by atoms with Crippen molar-refractivity contribution in [1.29, 1.82) is 0 Å². The van der Waals surface area contributed by atoms with E-state index in [0.29, 0.717) is 16.1 Å². The van der Waals surface area contributed by atoms with Crippen LogP contribution in [0.25, 0.3) is 0 Å². The molecular weight excluding hydrogens is 530 g/mol. The van der Waals surface area contributed by atoms with Gasteiger partial charge >= 0.3 is 6.18 Å². The van der Waals surface area contributed by atoms with Gasteiger partial charge in [-0.2, -0.15) is 13.2 Å². The van der Waals surface area contributed by atoms with Crippen LogP contribution in [0.5, 0.6) is 0 Å². The molecule has 0 N–H and O–H groups in total. The van der Waals surface area contributed by atoms with Crippen molar-refractivity contribution in [2.24, 2.45) is 0 Å². The topological polar surface area (TPSA) is 79.8 Å². The second-order valence-electron chi connectivity index (χ2n) is 7.13. The lowest BCUT2D eigenvalue weighted by Crippen LogP contribution is -2.36. The fraction of sp³-hybridized carbons (Fsp3) is 0.182. The van der Waals surface area contributed by atoms with Gasteiger partial charge in [-0.3, -0.25) is 4.79 Å². The largest absolute Gasteiger partial charge is 0.417 e. The molecule has 186 valence electrons. The lowest BCUT2D eigenvalue weighted by atomic mass is 10.2. The summed E-state index contributed by atoms with van der Waals surface area (Å²) in [7, 11) is -2.06. The molecule has 7 nitrogen and oxygen atoms in total. The van der Waals surface area contributed by atoms with Crippen LogP contribution >= 0.6 is 23.2 Å². The van der Waals surface area contributed by atoms with Crippen molar-refractivity contribution in [3.05, 3.63) is 82.1 Å². The van der Waals surface area contributed by atoms with Crippen LogP contribution in [0.4, 0.5) is 24.5 Å². The number of sulfonamides is 1.